The average molecular weight is 460 g/mol. The van der Waals surface area contributed by atoms with E-state index in [-0.39, 0.29) is 23.8 Å². The van der Waals surface area contributed by atoms with E-state index in [0.717, 1.165) is 55.7 Å². The summed E-state index contributed by atoms with van der Waals surface area (Å²) in [5.41, 5.74) is 2.78. The van der Waals surface area contributed by atoms with Gasteiger partial charge in [-0.05, 0) is 80.1 Å². The molecule has 8 nitrogen and oxygen atoms in total. The number of rotatable bonds is 8. The van der Waals surface area contributed by atoms with E-state index in [1.807, 2.05) is 30.3 Å². The second-order valence-electron chi connectivity index (χ2n) is 9.09. The number of nitrogens with one attached hydrogen (secondary N) is 3. The van der Waals surface area contributed by atoms with Crippen molar-refractivity contribution >= 4 is 11.8 Å². The van der Waals surface area contributed by atoms with Crippen LogP contribution in [-0.4, -0.2) is 35.0 Å². The lowest BCUT2D eigenvalue weighted by atomic mass is 9.85. The molecule has 2 aliphatic rings. The van der Waals surface area contributed by atoms with Gasteiger partial charge in [-0.3, -0.25) is 14.6 Å². The molecule has 0 spiro atoms. The summed E-state index contributed by atoms with van der Waals surface area (Å²) in [6.07, 6.45) is 7.47. The summed E-state index contributed by atoms with van der Waals surface area (Å²) in [6.45, 7) is 2.23. The van der Waals surface area contributed by atoms with E-state index in [1.54, 1.807) is 24.5 Å². The molecule has 1 saturated carbocycles. The molecule has 2 aromatic heterocycles. The van der Waals surface area contributed by atoms with Crippen LogP contribution in [-0.2, 0) is 6.54 Å². The third-order valence-corrected chi connectivity index (χ3v) is 6.59. The van der Waals surface area contributed by atoms with Crippen molar-refractivity contribution in [1.82, 2.24) is 26.1 Å². The Bertz CT molecular complexity index is 1140. The minimum absolute atomic E-state index is 0.153. The molecule has 1 saturated heterocycles. The van der Waals surface area contributed by atoms with Crippen molar-refractivity contribution in [3.05, 3.63) is 83.0 Å². The summed E-state index contributed by atoms with van der Waals surface area (Å²) >= 11 is 0. The number of nitrogens with zero attached hydrogens (tertiary/aromatic N) is 2. The minimum atomic E-state index is -0.244. The van der Waals surface area contributed by atoms with Gasteiger partial charge in [0.15, 0.2) is 5.69 Å². The first-order valence-corrected chi connectivity index (χ1v) is 11.9. The summed E-state index contributed by atoms with van der Waals surface area (Å²) in [5, 5.41) is 13.5. The van der Waals surface area contributed by atoms with Gasteiger partial charge < -0.3 is 20.5 Å². The lowest BCUT2D eigenvalue weighted by molar-refractivity contribution is 0.0904. The number of aromatic nitrogens is 2. The van der Waals surface area contributed by atoms with E-state index in [9.17, 15) is 9.59 Å². The van der Waals surface area contributed by atoms with E-state index < -0.39 is 0 Å². The molecule has 1 unspecified atom stereocenters. The number of carbonyl (C=O) groups excluding carboxylic acids is 2. The molecule has 8 heteroatoms. The smallest absolute Gasteiger partial charge is 0.273 e. The van der Waals surface area contributed by atoms with E-state index in [0.29, 0.717) is 23.7 Å². The predicted molar refractivity (Wildman–Crippen MR) is 126 cm³/mol. The van der Waals surface area contributed by atoms with Crippen LogP contribution in [0.4, 0.5) is 0 Å². The minimum Gasteiger partial charge on any atom is -0.360 e. The lowest BCUT2D eigenvalue weighted by Gasteiger charge is -2.31. The normalized spacial score (nSPS) is 17.2. The van der Waals surface area contributed by atoms with Crippen molar-refractivity contribution in [2.24, 2.45) is 5.92 Å². The van der Waals surface area contributed by atoms with Crippen molar-refractivity contribution in [1.29, 1.82) is 0 Å². The van der Waals surface area contributed by atoms with Crippen LogP contribution in [0.15, 0.2) is 59.4 Å². The molecule has 3 aromatic rings. The van der Waals surface area contributed by atoms with Crippen LogP contribution in [0, 0.1) is 5.92 Å². The van der Waals surface area contributed by atoms with Crippen LogP contribution in [0.2, 0.25) is 0 Å². The van der Waals surface area contributed by atoms with Gasteiger partial charge in [-0.15, -0.1) is 0 Å². The van der Waals surface area contributed by atoms with Crippen LogP contribution in [0.25, 0.3) is 0 Å². The molecular weight excluding hydrogens is 430 g/mol. The first-order chi connectivity index (χ1) is 16.7. The first kappa shape index (κ1) is 22.3. The maximum atomic E-state index is 13.1. The Labute approximate surface area is 198 Å². The zero-order chi connectivity index (χ0) is 23.3. The van der Waals surface area contributed by atoms with Crippen molar-refractivity contribution < 1.29 is 14.1 Å². The van der Waals surface area contributed by atoms with Gasteiger partial charge in [0.2, 0.25) is 0 Å². The van der Waals surface area contributed by atoms with E-state index >= 15 is 0 Å². The average Bonchev–Trinajstić information content (AvgIpc) is 3.63. The number of pyridine rings is 1. The molecule has 176 valence electrons. The molecule has 0 radical (unpaired) electrons. The largest absolute Gasteiger partial charge is 0.360 e. The SMILES string of the molecule is O=C(NCc1ccncc1)c1cccc(C(NC(=O)c2cc(C3CC3)on2)C2CCNCC2)c1. The van der Waals surface area contributed by atoms with E-state index in [4.69, 9.17) is 4.52 Å². The quantitative estimate of drug-likeness (QED) is 0.477. The molecule has 1 aliphatic heterocycles. The number of carbonyl (C=O) groups is 2. The molecule has 0 bridgehead atoms. The zero-order valence-electron chi connectivity index (χ0n) is 19.0. The monoisotopic (exact) mass is 459 g/mol. The summed E-state index contributed by atoms with van der Waals surface area (Å²) in [7, 11) is 0. The van der Waals surface area contributed by atoms with Crippen molar-refractivity contribution in [2.45, 2.75) is 44.2 Å². The summed E-state index contributed by atoms with van der Waals surface area (Å²) in [5.74, 6) is 1.05. The van der Waals surface area contributed by atoms with Gasteiger partial charge in [0.25, 0.3) is 11.8 Å². The summed E-state index contributed by atoms with van der Waals surface area (Å²) in [6, 6.07) is 12.8. The third-order valence-electron chi connectivity index (χ3n) is 6.59. The molecule has 1 atom stereocenters. The predicted octanol–water partition coefficient (Wildman–Crippen LogP) is 3.35. The highest BCUT2D eigenvalue weighted by Gasteiger charge is 2.31. The standard InChI is InChI=1S/C26H29N5O3/c32-25(29-16-17-6-10-27-11-7-17)21-3-1-2-20(14-21)24(19-8-12-28-13-9-19)30-26(33)22-15-23(34-31-22)18-4-5-18/h1-3,6-7,10-11,14-15,18-19,24,28H,4-5,8-9,12-13,16H2,(H,29,32)(H,30,33). The number of hydrogen-bond acceptors (Lipinski definition) is 6. The highest BCUT2D eigenvalue weighted by molar-refractivity contribution is 5.94. The van der Waals surface area contributed by atoms with Gasteiger partial charge in [0.1, 0.15) is 5.76 Å². The Morgan fingerprint density at radius 2 is 1.82 bits per heavy atom. The van der Waals surface area contributed by atoms with Crippen LogP contribution in [0.3, 0.4) is 0 Å². The second kappa shape index (κ2) is 10.2. The Kier molecular flexibility index (Phi) is 6.67. The second-order valence-corrected chi connectivity index (χ2v) is 9.09. The summed E-state index contributed by atoms with van der Waals surface area (Å²) < 4.78 is 5.38. The Hall–Kier alpha value is -3.52. The Morgan fingerprint density at radius 3 is 2.59 bits per heavy atom. The van der Waals surface area contributed by atoms with E-state index in [2.05, 4.69) is 26.1 Å². The molecule has 1 aromatic carbocycles. The fourth-order valence-corrected chi connectivity index (χ4v) is 4.48. The molecule has 5 rings (SSSR count). The first-order valence-electron chi connectivity index (χ1n) is 11.9. The highest BCUT2D eigenvalue weighted by Crippen LogP contribution is 2.40. The van der Waals surface area contributed by atoms with Crippen LogP contribution in [0.1, 0.15) is 75.4 Å². The summed E-state index contributed by atoms with van der Waals surface area (Å²) in [4.78, 5) is 29.9. The fourth-order valence-electron chi connectivity index (χ4n) is 4.48. The van der Waals surface area contributed by atoms with E-state index in [1.165, 1.54) is 0 Å². The van der Waals surface area contributed by atoms with Crippen LogP contribution >= 0.6 is 0 Å². The molecule has 2 amide bonds. The van der Waals surface area contributed by atoms with Crippen molar-refractivity contribution in [3.63, 3.8) is 0 Å². The topological polar surface area (TPSA) is 109 Å². The zero-order valence-corrected chi connectivity index (χ0v) is 19.0. The maximum Gasteiger partial charge on any atom is 0.273 e. The Balaban J connectivity index is 1.33. The van der Waals surface area contributed by atoms with Crippen LogP contribution < -0.4 is 16.0 Å². The van der Waals surface area contributed by atoms with Crippen LogP contribution in [0.5, 0.6) is 0 Å². The number of piperidine rings is 1. The molecule has 3 N–H and O–H groups in total. The number of benzene rings is 1. The number of hydrogen-bond donors (Lipinski definition) is 3. The van der Waals surface area contributed by atoms with Crippen molar-refractivity contribution in [2.75, 3.05) is 13.1 Å². The van der Waals surface area contributed by atoms with Gasteiger partial charge in [-0.2, -0.15) is 0 Å². The van der Waals surface area contributed by atoms with Crippen molar-refractivity contribution in [3.8, 4) is 0 Å². The van der Waals surface area contributed by atoms with Gasteiger partial charge in [0, 0.05) is 36.5 Å². The van der Waals surface area contributed by atoms with Gasteiger partial charge in [-0.25, -0.2) is 0 Å². The molecule has 34 heavy (non-hydrogen) atoms. The maximum absolute atomic E-state index is 13.1. The fraction of sp³-hybridized carbons (Fsp3) is 0.385. The Morgan fingerprint density at radius 1 is 1.03 bits per heavy atom. The van der Waals surface area contributed by atoms with Gasteiger partial charge in [-0.1, -0.05) is 17.3 Å². The van der Waals surface area contributed by atoms with Gasteiger partial charge in [0.05, 0.1) is 6.04 Å². The highest BCUT2D eigenvalue weighted by atomic mass is 16.5. The third kappa shape index (κ3) is 5.34. The van der Waals surface area contributed by atoms with Gasteiger partial charge >= 0.3 is 0 Å². The lowest BCUT2D eigenvalue weighted by Crippen LogP contribution is -2.39. The molecule has 3 heterocycles. The number of amides is 2. The molecular formula is C26H29N5O3. The molecule has 1 aliphatic carbocycles. The molecule has 2 fully saturated rings.